The van der Waals surface area contributed by atoms with Gasteiger partial charge in [0.15, 0.2) is 6.04 Å². The number of nitrogens with two attached hydrogens (primary N) is 1. The van der Waals surface area contributed by atoms with Crippen molar-refractivity contribution < 1.29 is 34.5 Å². The second-order valence-corrected chi connectivity index (χ2v) is 6.89. The van der Waals surface area contributed by atoms with Crippen LogP contribution in [-0.2, 0) is 25.6 Å². The minimum Gasteiger partial charge on any atom is -0.481 e. The van der Waals surface area contributed by atoms with E-state index in [4.69, 9.17) is 15.9 Å². The van der Waals surface area contributed by atoms with E-state index >= 15 is 0 Å². The average molecular weight is 420 g/mol. The minimum absolute atomic E-state index is 0.128. The fourth-order valence-corrected chi connectivity index (χ4v) is 2.94. The number of carboxylic acid groups (broad SMARTS) is 2. The molecule has 1 heterocycles. The number of amides is 2. The Morgan fingerprint density at radius 2 is 1.77 bits per heavy atom. The van der Waals surface area contributed by atoms with Crippen LogP contribution in [0, 0.1) is 0 Å². The lowest BCUT2D eigenvalue weighted by Gasteiger charge is -2.23. The maximum atomic E-state index is 12.5. The first kappa shape index (κ1) is 22.8. The van der Waals surface area contributed by atoms with Gasteiger partial charge in [-0.2, -0.15) is 0 Å². The zero-order chi connectivity index (χ0) is 22.4. The van der Waals surface area contributed by atoms with Gasteiger partial charge in [0.25, 0.3) is 0 Å². The highest BCUT2D eigenvalue weighted by atomic mass is 16.4. The topological polar surface area (TPSA) is 195 Å². The van der Waals surface area contributed by atoms with Gasteiger partial charge in [-0.1, -0.05) is 18.2 Å². The number of benzene rings is 1. The van der Waals surface area contributed by atoms with E-state index in [9.17, 15) is 24.3 Å². The summed E-state index contributed by atoms with van der Waals surface area (Å²) in [5.74, 6) is -4.72. The molecule has 4 unspecified atom stereocenters. The number of para-hydroxylation sites is 1. The van der Waals surface area contributed by atoms with Gasteiger partial charge in [-0.3, -0.25) is 14.4 Å². The molecule has 0 saturated carbocycles. The van der Waals surface area contributed by atoms with Gasteiger partial charge in [0.2, 0.25) is 11.8 Å². The van der Waals surface area contributed by atoms with E-state index in [-0.39, 0.29) is 6.42 Å². The second kappa shape index (κ2) is 9.85. The van der Waals surface area contributed by atoms with E-state index in [1.807, 2.05) is 29.6 Å². The number of H-pyrrole nitrogens is 1. The van der Waals surface area contributed by atoms with Crippen molar-refractivity contribution in [2.45, 2.75) is 44.0 Å². The van der Waals surface area contributed by atoms with E-state index in [1.54, 1.807) is 6.20 Å². The molecular formula is C19H24N4O7. The number of aliphatic carboxylic acids is 2. The van der Waals surface area contributed by atoms with Crippen LogP contribution < -0.4 is 16.4 Å². The number of carboxylic acids is 2. The Morgan fingerprint density at radius 1 is 1.10 bits per heavy atom. The lowest BCUT2D eigenvalue weighted by atomic mass is 10.0. The molecule has 0 aliphatic rings. The molecule has 2 rings (SSSR count). The molecule has 11 nitrogen and oxygen atoms in total. The highest BCUT2D eigenvalue weighted by Gasteiger charge is 2.31. The molecule has 2 amide bonds. The molecule has 0 saturated heterocycles. The van der Waals surface area contributed by atoms with Crippen molar-refractivity contribution in [3.63, 3.8) is 0 Å². The normalized spacial score (nSPS) is 15.0. The highest BCUT2D eigenvalue weighted by molar-refractivity contribution is 5.94. The molecule has 0 aliphatic carbocycles. The molecule has 162 valence electrons. The Bertz CT molecular complexity index is 940. The van der Waals surface area contributed by atoms with E-state index in [1.165, 1.54) is 0 Å². The molecule has 4 atom stereocenters. The van der Waals surface area contributed by atoms with Crippen molar-refractivity contribution in [3.8, 4) is 0 Å². The summed E-state index contributed by atoms with van der Waals surface area (Å²) < 4.78 is 0. The van der Waals surface area contributed by atoms with Crippen LogP contribution in [0.3, 0.4) is 0 Å². The number of carbonyl (C=O) groups is 4. The summed E-state index contributed by atoms with van der Waals surface area (Å²) in [5.41, 5.74) is 7.57. The van der Waals surface area contributed by atoms with Gasteiger partial charge >= 0.3 is 11.9 Å². The summed E-state index contributed by atoms with van der Waals surface area (Å²) >= 11 is 0. The zero-order valence-electron chi connectivity index (χ0n) is 16.2. The van der Waals surface area contributed by atoms with Crippen LogP contribution in [-0.4, -0.2) is 68.3 Å². The molecule has 1 aromatic heterocycles. The highest BCUT2D eigenvalue weighted by Crippen LogP contribution is 2.18. The summed E-state index contributed by atoms with van der Waals surface area (Å²) in [4.78, 5) is 50.1. The van der Waals surface area contributed by atoms with E-state index in [2.05, 4.69) is 10.3 Å². The SMILES string of the molecule is CC(O)C(NC(=O)C(CC(=O)O)NC(=O)C(N)Cc1c[nH]c2ccccc12)C(=O)O. The number of aliphatic hydroxyl groups excluding tert-OH is 1. The first-order valence-electron chi connectivity index (χ1n) is 9.14. The lowest BCUT2D eigenvalue weighted by Crippen LogP contribution is -2.57. The van der Waals surface area contributed by atoms with Crippen molar-refractivity contribution in [1.29, 1.82) is 0 Å². The predicted molar refractivity (Wildman–Crippen MR) is 105 cm³/mol. The number of aromatic nitrogens is 1. The third-order valence-electron chi connectivity index (χ3n) is 4.51. The average Bonchev–Trinajstić information content (AvgIpc) is 3.07. The van der Waals surface area contributed by atoms with Crippen LogP contribution in [0.1, 0.15) is 18.9 Å². The van der Waals surface area contributed by atoms with Gasteiger partial charge in [-0.15, -0.1) is 0 Å². The monoisotopic (exact) mass is 420 g/mol. The van der Waals surface area contributed by atoms with Gasteiger partial charge < -0.3 is 36.7 Å². The molecular weight excluding hydrogens is 396 g/mol. The molecule has 0 fully saturated rings. The Kier molecular flexibility index (Phi) is 7.50. The number of rotatable bonds is 10. The standard InChI is InChI=1S/C19H24N4O7/c1-9(24)16(19(29)30)23-18(28)14(7-15(25)26)22-17(27)12(20)6-10-8-21-13-5-3-2-4-11(10)13/h2-5,8-9,12,14,16,21,24H,6-7,20H2,1H3,(H,22,27)(H,23,28)(H,25,26)(H,29,30). The van der Waals surface area contributed by atoms with Crippen molar-refractivity contribution in [3.05, 3.63) is 36.0 Å². The van der Waals surface area contributed by atoms with E-state index < -0.39 is 54.4 Å². The maximum Gasteiger partial charge on any atom is 0.328 e. The van der Waals surface area contributed by atoms with Crippen molar-refractivity contribution >= 4 is 34.7 Å². The number of nitrogens with one attached hydrogen (secondary N) is 3. The summed E-state index contributed by atoms with van der Waals surface area (Å²) in [7, 11) is 0. The van der Waals surface area contributed by atoms with E-state index in [0.29, 0.717) is 0 Å². The van der Waals surface area contributed by atoms with Gasteiger partial charge in [0, 0.05) is 17.1 Å². The van der Waals surface area contributed by atoms with Gasteiger partial charge in [-0.25, -0.2) is 4.79 Å². The molecule has 0 aliphatic heterocycles. The molecule has 2 aromatic rings. The van der Waals surface area contributed by atoms with Gasteiger partial charge in [-0.05, 0) is 25.0 Å². The van der Waals surface area contributed by atoms with Crippen LogP contribution in [0.5, 0.6) is 0 Å². The van der Waals surface area contributed by atoms with Crippen molar-refractivity contribution in [2.24, 2.45) is 5.73 Å². The molecule has 1 aromatic carbocycles. The molecule has 30 heavy (non-hydrogen) atoms. The van der Waals surface area contributed by atoms with E-state index in [0.717, 1.165) is 23.4 Å². The van der Waals surface area contributed by atoms with Crippen LogP contribution in [0.2, 0.25) is 0 Å². The minimum atomic E-state index is -1.66. The number of hydrogen-bond acceptors (Lipinski definition) is 6. The number of fused-ring (bicyclic) bond motifs is 1. The maximum absolute atomic E-state index is 12.5. The van der Waals surface area contributed by atoms with Crippen molar-refractivity contribution in [2.75, 3.05) is 0 Å². The van der Waals surface area contributed by atoms with Gasteiger partial charge in [0.1, 0.15) is 6.04 Å². The Hall–Kier alpha value is -3.44. The number of hydrogen-bond donors (Lipinski definition) is 7. The summed E-state index contributed by atoms with van der Waals surface area (Å²) in [6.07, 6.45) is -0.386. The van der Waals surface area contributed by atoms with Crippen LogP contribution >= 0.6 is 0 Å². The third-order valence-corrected chi connectivity index (χ3v) is 4.51. The number of carbonyl (C=O) groups excluding carboxylic acids is 2. The molecule has 8 N–H and O–H groups in total. The van der Waals surface area contributed by atoms with Gasteiger partial charge in [0.05, 0.1) is 18.6 Å². The fraction of sp³-hybridized carbons (Fsp3) is 0.368. The second-order valence-electron chi connectivity index (χ2n) is 6.89. The Labute approximate surface area is 171 Å². The lowest BCUT2D eigenvalue weighted by molar-refractivity contribution is -0.145. The first-order valence-corrected chi connectivity index (χ1v) is 9.14. The summed E-state index contributed by atoms with van der Waals surface area (Å²) in [6, 6.07) is 3.09. The number of aromatic amines is 1. The summed E-state index contributed by atoms with van der Waals surface area (Å²) in [5, 5.41) is 32.7. The van der Waals surface area contributed by atoms with Crippen LogP contribution in [0.15, 0.2) is 30.5 Å². The molecule has 0 radical (unpaired) electrons. The Balaban J connectivity index is 2.08. The molecule has 11 heteroatoms. The molecule has 0 bridgehead atoms. The predicted octanol–water partition coefficient (Wildman–Crippen LogP) is -1.05. The third kappa shape index (κ3) is 5.78. The first-order chi connectivity index (χ1) is 14.1. The van der Waals surface area contributed by atoms with Crippen molar-refractivity contribution in [1.82, 2.24) is 15.6 Å². The quantitative estimate of drug-likeness (QED) is 0.253. The fourth-order valence-electron chi connectivity index (χ4n) is 2.94. The number of aliphatic hydroxyl groups is 1. The van der Waals surface area contributed by atoms with Crippen LogP contribution in [0.4, 0.5) is 0 Å². The Morgan fingerprint density at radius 3 is 2.37 bits per heavy atom. The smallest absolute Gasteiger partial charge is 0.328 e. The summed E-state index contributed by atoms with van der Waals surface area (Å²) in [6.45, 7) is 1.15. The largest absolute Gasteiger partial charge is 0.481 e. The zero-order valence-corrected chi connectivity index (χ0v) is 16.2. The molecule has 0 spiro atoms. The van der Waals surface area contributed by atoms with Crippen LogP contribution in [0.25, 0.3) is 10.9 Å².